The van der Waals surface area contributed by atoms with Crippen LogP contribution in [-0.4, -0.2) is 38.3 Å². The van der Waals surface area contributed by atoms with Gasteiger partial charge in [0, 0.05) is 35.5 Å². The van der Waals surface area contributed by atoms with E-state index in [9.17, 15) is 5.11 Å². The molecule has 1 fully saturated rings. The van der Waals surface area contributed by atoms with Crippen LogP contribution >= 0.6 is 0 Å². The first-order valence-corrected chi connectivity index (χ1v) is 8.82. The number of hydrogen-bond donors (Lipinski definition) is 1. The first-order valence-electron chi connectivity index (χ1n) is 8.82. The van der Waals surface area contributed by atoms with Crippen molar-refractivity contribution in [3.8, 4) is 28.5 Å². The molecule has 1 N–H and O–H groups in total. The molecule has 0 aliphatic heterocycles. The highest BCUT2D eigenvalue weighted by Gasteiger charge is 2.37. The lowest BCUT2D eigenvalue weighted by Gasteiger charge is -2.40. The first kappa shape index (κ1) is 16.7. The molecule has 1 saturated carbocycles. The lowest BCUT2D eigenvalue weighted by Crippen LogP contribution is -2.37. The van der Waals surface area contributed by atoms with E-state index >= 15 is 0 Å². The summed E-state index contributed by atoms with van der Waals surface area (Å²) in [5, 5.41) is 9.88. The summed E-state index contributed by atoms with van der Waals surface area (Å²) in [6.45, 7) is 0.940. The van der Waals surface area contributed by atoms with Crippen LogP contribution in [0.5, 0.6) is 6.01 Å². The van der Waals surface area contributed by atoms with Crippen LogP contribution in [0.15, 0.2) is 49.1 Å². The van der Waals surface area contributed by atoms with E-state index in [1.807, 2.05) is 36.7 Å². The number of methoxy groups -OCH3 is 1. The highest BCUT2D eigenvalue weighted by molar-refractivity contribution is 5.77. The maximum absolute atomic E-state index is 9.88. The van der Waals surface area contributed by atoms with Crippen LogP contribution in [0.4, 0.5) is 0 Å². The topological polar surface area (TPSA) is 73.1 Å². The predicted octanol–water partition coefficient (Wildman–Crippen LogP) is 3.18. The fourth-order valence-electron chi connectivity index (χ4n) is 3.56. The zero-order valence-electron chi connectivity index (χ0n) is 14.8. The minimum Gasteiger partial charge on any atom is -0.467 e. The van der Waals surface area contributed by atoms with Gasteiger partial charge in [-0.25, -0.2) is 15.0 Å². The smallest absolute Gasteiger partial charge is 0.316 e. The minimum absolute atomic E-state index is 0.0449. The molecule has 1 aromatic carbocycles. The van der Waals surface area contributed by atoms with Crippen molar-refractivity contribution in [2.45, 2.75) is 25.8 Å². The standard InChI is InChI=1S/C20H22N4O2/c1-26-19-21-10-16(11-22-19)18-17(15-6-3-2-4-7-15)23-14-24(18)12-20(13-25)8-5-9-20/h2-4,6-7,10-11,14,25H,5,8-9,12-13H2,1H3. The molecule has 0 atom stereocenters. The number of aliphatic hydroxyl groups excluding tert-OH is 1. The molecule has 0 radical (unpaired) electrons. The van der Waals surface area contributed by atoms with Crippen molar-refractivity contribution < 1.29 is 9.84 Å². The molecule has 4 rings (SSSR count). The molecule has 26 heavy (non-hydrogen) atoms. The summed E-state index contributed by atoms with van der Waals surface area (Å²) in [5.74, 6) is 0. The summed E-state index contributed by atoms with van der Waals surface area (Å²) in [4.78, 5) is 13.2. The number of aromatic nitrogens is 4. The van der Waals surface area contributed by atoms with Gasteiger partial charge in [-0.05, 0) is 12.8 Å². The van der Waals surface area contributed by atoms with Crippen LogP contribution in [-0.2, 0) is 6.54 Å². The molecule has 6 heteroatoms. The molecule has 6 nitrogen and oxygen atoms in total. The van der Waals surface area contributed by atoms with Crippen molar-refractivity contribution in [3.63, 3.8) is 0 Å². The van der Waals surface area contributed by atoms with Crippen molar-refractivity contribution in [2.24, 2.45) is 5.41 Å². The summed E-state index contributed by atoms with van der Waals surface area (Å²) < 4.78 is 7.21. The van der Waals surface area contributed by atoms with Gasteiger partial charge in [0.25, 0.3) is 0 Å². The molecule has 0 amide bonds. The zero-order valence-corrected chi connectivity index (χ0v) is 14.8. The molecule has 134 valence electrons. The Kier molecular flexibility index (Phi) is 4.42. The largest absolute Gasteiger partial charge is 0.467 e. The average Bonchev–Trinajstić information content (AvgIpc) is 3.09. The third-order valence-electron chi connectivity index (χ3n) is 5.22. The normalized spacial score (nSPS) is 15.5. The van der Waals surface area contributed by atoms with E-state index in [0.29, 0.717) is 6.01 Å². The first-order chi connectivity index (χ1) is 12.7. The van der Waals surface area contributed by atoms with Crippen LogP contribution < -0.4 is 4.74 Å². The number of nitrogens with zero attached hydrogens (tertiary/aromatic N) is 4. The van der Waals surface area contributed by atoms with Gasteiger partial charge in [0.2, 0.25) is 0 Å². The molecule has 0 unspecified atom stereocenters. The van der Waals surface area contributed by atoms with Crippen LogP contribution in [0, 0.1) is 5.41 Å². The van der Waals surface area contributed by atoms with Gasteiger partial charge in [0.05, 0.1) is 31.4 Å². The van der Waals surface area contributed by atoms with Gasteiger partial charge in [-0.15, -0.1) is 0 Å². The van der Waals surface area contributed by atoms with E-state index in [-0.39, 0.29) is 12.0 Å². The molecule has 0 saturated heterocycles. The Bertz CT molecular complexity index is 865. The van der Waals surface area contributed by atoms with Crippen molar-refractivity contribution >= 4 is 0 Å². The number of benzene rings is 1. The lowest BCUT2D eigenvalue weighted by molar-refractivity contribution is 0.0280. The van der Waals surface area contributed by atoms with Crippen molar-refractivity contribution in [3.05, 3.63) is 49.1 Å². The van der Waals surface area contributed by atoms with Gasteiger partial charge in [-0.1, -0.05) is 36.8 Å². The van der Waals surface area contributed by atoms with Crippen molar-refractivity contribution in [1.82, 2.24) is 19.5 Å². The van der Waals surface area contributed by atoms with Crippen molar-refractivity contribution in [1.29, 1.82) is 0 Å². The summed E-state index contributed by atoms with van der Waals surface area (Å²) >= 11 is 0. The lowest BCUT2D eigenvalue weighted by atomic mass is 9.69. The van der Waals surface area contributed by atoms with Gasteiger partial charge < -0.3 is 14.4 Å². The fourth-order valence-corrected chi connectivity index (χ4v) is 3.56. The van der Waals surface area contributed by atoms with E-state index in [0.717, 1.165) is 41.9 Å². The summed E-state index contributed by atoms with van der Waals surface area (Å²) in [6, 6.07) is 10.4. The van der Waals surface area contributed by atoms with Crippen LogP contribution in [0.2, 0.25) is 0 Å². The Morgan fingerprint density at radius 2 is 1.81 bits per heavy atom. The minimum atomic E-state index is -0.0449. The van der Waals surface area contributed by atoms with Crippen LogP contribution in [0.1, 0.15) is 19.3 Å². The molecule has 1 aliphatic rings. The predicted molar refractivity (Wildman–Crippen MR) is 98.6 cm³/mol. The van der Waals surface area contributed by atoms with Gasteiger partial charge in [0.1, 0.15) is 0 Å². The number of ether oxygens (including phenoxy) is 1. The van der Waals surface area contributed by atoms with E-state index < -0.39 is 0 Å². The maximum atomic E-state index is 9.88. The van der Waals surface area contributed by atoms with E-state index in [2.05, 4.69) is 19.5 Å². The maximum Gasteiger partial charge on any atom is 0.316 e. The Morgan fingerprint density at radius 3 is 2.38 bits per heavy atom. The fraction of sp³-hybridized carbons (Fsp3) is 0.350. The van der Waals surface area contributed by atoms with Gasteiger partial charge in [0.15, 0.2) is 0 Å². The average molecular weight is 350 g/mol. The Hall–Kier alpha value is -2.73. The summed E-state index contributed by atoms with van der Waals surface area (Å²) in [6.07, 6.45) is 8.64. The molecular weight excluding hydrogens is 328 g/mol. The Labute approximate surface area is 152 Å². The third-order valence-corrected chi connectivity index (χ3v) is 5.22. The van der Waals surface area contributed by atoms with Crippen LogP contribution in [0.3, 0.4) is 0 Å². The molecule has 0 spiro atoms. The Morgan fingerprint density at radius 1 is 1.08 bits per heavy atom. The molecule has 2 heterocycles. The SMILES string of the molecule is COc1ncc(-c2c(-c3ccccc3)ncn2CC2(CO)CCC2)cn1. The van der Waals surface area contributed by atoms with E-state index in [1.165, 1.54) is 6.42 Å². The van der Waals surface area contributed by atoms with Crippen molar-refractivity contribution in [2.75, 3.05) is 13.7 Å². The summed E-state index contributed by atoms with van der Waals surface area (Å²) in [5.41, 5.74) is 3.75. The number of imidazole rings is 1. The zero-order chi connectivity index (χ0) is 18.0. The highest BCUT2D eigenvalue weighted by Crippen LogP contribution is 2.43. The summed E-state index contributed by atoms with van der Waals surface area (Å²) in [7, 11) is 1.55. The second-order valence-electron chi connectivity index (χ2n) is 6.91. The molecule has 0 bridgehead atoms. The number of hydrogen-bond acceptors (Lipinski definition) is 5. The van der Waals surface area contributed by atoms with Gasteiger partial charge in [-0.3, -0.25) is 0 Å². The Balaban J connectivity index is 1.80. The second-order valence-corrected chi connectivity index (χ2v) is 6.91. The van der Waals surface area contributed by atoms with Crippen LogP contribution in [0.25, 0.3) is 22.5 Å². The number of rotatable bonds is 6. The quantitative estimate of drug-likeness (QED) is 0.739. The van der Waals surface area contributed by atoms with Gasteiger partial charge in [-0.2, -0.15) is 0 Å². The molecule has 1 aliphatic carbocycles. The van der Waals surface area contributed by atoms with E-state index in [1.54, 1.807) is 19.5 Å². The second kappa shape index (κ2) is 6.88. The third kappa shape index (κ3) is 2.97. The molecule has 2 aromatic heterocycles. The molecule has 3 aromatic rings. The molecular formula is C20H22N4O2. The van der Waals surface area contributed by atoms with E-state index in [4.69, 9.17) is 4.74 Å². The number of aliphatic hydroxyl groups is 1. The van der Waals surface area contributed by atoms with Gasteiger partial charge >= 0.3 is 6.01 Å². The highest BCUT2D eigenvalue weighted by atomic mass is 16.5. The monoisotopic (exact) mass is 350 g/mol.